The van der Waals surface area contributed by atoms with Gasteiger partial charge in [-0.05, 0) is 47.9 Å². The second kappa shape index (κ2) is 8.43. The summed E-state index contributed by atoms with van der Waals surface area (Å²) in [5.41, 5.74) is 3.24. The average Bonchev–Trinajstić information content (AvgIpc) is 2.73. The van der Waals surface area contributed by atoms with Crippen LogP contribution >= 0.6 is 0 Å². The third-order valence-electron chi connectivity index (χ3n) is 4.51. The molecule has 1 unspecified atom stereocenters. The molecule has 1 aliphatic rings. The van der Waals surface area contributed by atoms with Crippen molar-refractivity contribution in [1.82, 2.24) is 10.6 Å². The second-order valence-corrected chi connectivity index (χ2v) is 6.34. The SMILES string of the molecule is COC(=O)C1=C(c2ccc(OC)cc2)NC(=O)NC1/C(C)=C/c1ccccc1. The lowest BCUT2D eigenvalue weighted by molar-refractivity contribution is -0.136. The molecule has 0 saturated carbocycles. The summed E-state index contributed by atoms with van der Waals surface area (Å²) in [5, 5.41) is 5.57. The van der Waals surface area contributed by atoms with Gasteiger partial charge < -0.3 is 20.1 Å². The van der Waals surface area contributed by atoms with Crippen LogP contribution in [-0.2, 0) is 9.53 Å². The molecule has 1 heterocycles. The Morgan fingerprint density at radius 2 is 1.71 bits per heavy atom. The highest BCUT2D eigenvalue weighted by molar-refractivity contribution is 6.05. The third kappa shape index (κ3) is 4.06. The molecule has 2 N–H and O–H groups in total. The highest BCUT2D eigenvalue weighted by Crippen LogP contribution is 2.28. The van der Waals surface area contributed by atoms with Gasteiger partial charge in [-0.2, -0.15) is 0 Å². The molecule has 3 rings (SSSR count). The monoisotopic (exact) mass is 378 g/mol. The van der Waals surface area contributed by atoms with E-state index in [1.165, 1.54) is 7.11 Å². The van der Waals surface area contributed by atoms with Crippen LogP contribution < -0.4 is 15.4 Å². The first-order chi connectivity index (χ1) is 13.5. The van der Waals surface area contributed by atoms with Crippen LogP contribution in [0.1, 0.15) is 18.1 Å². The molecule has 6 nitrogen and oxygen atoms in total. The maximum absolute atomic E-state index is 12.6. The summed E-state index contributed by atoms with van der Waals surface area (Å²) < 4.78 is 10.2. The predicted molar refractivity (Wildman–Crippen MR) is 107 cm³/mol. The predicted octanol–water partition coefficient (Wildman–Crippen LogP) is 3.36. The highest BCUT2D eigenvalue weighted by atomic mass is 16.5. The minimum absolute atomic E-state index is 0.344. The number of carbonyl (C=O) groups excluding carboxylic acids is 2. The number of ether oxygens (including phenoxy) is 2. The van der Waals surface area contributed by atoms with Crippen molar-refractivity contribution in [2.45, 2.75) is 13.0 Å². The molecule has 1 atom stereocenters. The number of benzene rings is 2. The van der Waals surface area contributed by atoms with Crippen LogP contribution in [0, 0.1) is 0 Å². The molecule has 2 aromatic rings. The quantitative estimate of drug-likeness (QED) is 0.782. The molecule has 0 fully saturated rings. The van der Waals surface area contributed by atoms with Crippen molar-refractivity contribution in [1.29, 1.82) is 0 Å². The summed E-state index contributed by atoms with van der Waals surface area (Å²) in [6.07, 6.45) is 1.94. The number of carbonyl (C=O) groups is 2. The number of esters is 1. The molecule has 144 valence electrons. The minimum Gasteiger partial charge on any atom is -0.497 e. The van der Waals surface area contributed by atoms with Crippen molar-refractivity contribution in [3.8, 4) is 5.75 Å². The Hall–Kier alpha value is -3.54. The van der Waals surface area contributed by atoms with Gasteiger partial charge >= 0.3 is 12.0 Å². The maximum Gasteiger partial charge on any atom is 0.338 e. The Bertz CT molecular complexity index is 931. The van der Waals surface area contributed by atoms with Crippen LogP contribution in [-0.4, -0.2) is 32.3 Å². The maximum atomic E-state index is 12.6. The highest BCUT2D eigenvalue weighted by Gasteiger charge is 2.34. The lowest BCUT2D eigenvalue weighted by Gasteiger charge is -2.29. The van der Waals surface area contributed by atoms with Crippen molar-refractivity contribution in [2.24, 2.45) is 0 Å². The van der Waals surface area contributed by atoms with Crippen molar-refractivity contribution in [3.05, 3.63) is 76.9 Å². The van der Waals surface area contributed by atoms with Crippen LogP contribution in [0.25, 0.3) is 11.8 Å². The van der Waals surface area contributed by atoms with Gasteiger partial charge in [0.1, 0.15) is 5.75 Å². The van der Waals surface area contributed by atoms with Crippen molar-refractivity contribution in [3.63, 3.8) is 0 Å². The van der Waals surface area contributed by atoms with Crippen LogP contribution in [0.3, 0.4) is 0 Å². The van der Waals surface area contributed by atoms with Gasteiger partial charge in [0.2, 0.25) is 0 Å². The van der Waals surface area contributed by atoms with E-state index in [0.29, 0.717) is 22.6 Å². The summed E-state index contributed by atoms with van der Waals surface area (Å²) in [6.45, 7) is 1.87. The molecule has 2 amide bonds. The van der Waals surface area contributed by atoms with E-state index in [4.69, 9.17) is 9.47 Å². The molecule has 0 aliphatic carbocycles. The summed E-state index contributed by atoms with van der Waals surface area (Å²) >= 11 is 0. The van der Waals surface area contributed by atoms with Gasteiger partial charge in [0.15, 0.2) is 0 Å². The van der Waals surface area contributed by atoms with Gasteiger partial charge in [-0.3, -0.25) is 0 Å². The van der Waals surface area contributed by atoms with E-state index in [9.17, 15) is 9.59 Å². The molecule has 1 aliphatic heterocycles. The number of amides is 2. The molecule has 0 radical (unpaired) electrons. The number of hydrogen-bond acceptors (Lipinski definition) is 4. The summed E-state index contributed by atoms with van der Waals surface area (Å²) in [6, 6.07) is 15.8. The fourth-order valence-electron chi connectivity index (χ4n) is 3.12. The van der Waals surface area contributed by atoms with E-state index in [1.54, 1.807) is 31.4 Å². The van der Waals surface area contributed by atoms with Gasteiger partial charge in [0.25, 0.3) is 0 Å². The average molecular weight is 378 g/mol. The van der Waals surface area contributed by atoms with Crippen molar-refractivity contribution in [2.75, 3.05) is 14.2 Å². The Balaban J connectivity index is 2.10. The normalized spacial score (nSPS) is 16.9. The van der Waals surface area contributed by atoms with Gasteiger partial charge in [0.05, 0.1) is 31.5 Å². The smallest absolute Gasteiger partial charge is 0.338 e. The fourth-order valence-corrected chi connectivity index (χ4v) is 3.12. The Labute approximate surface area is 163 Å². The minimum atomic E-state index is -0.612. The summed E-state index contributed by atoms with van der Waals surface area (Å²) in [4.78, 5) is 25.0. The number of rotatable bonds is 5. The zero-order chi connectivity index (χ0) is 20.1. The van der Waals surface area contributed by atoms with Gasteiger partial charge in [0, 0.05) is 0 Å². The number of nitrogens with one attached hydrogen (secondary N) is 2. The van der Waals surface area contributed by atoms with E-state index in [1.807, 2.05) is 43.3 Å². The van der Waals surface area contributed by atoms with Crippen LogP contribution in [0.4, 0.5) is 4.79 Å². The van der Waals surface area contributed by atoms with Gasteiger partial charge in [-0.1, -0.05) is 36.4 Å². The second-order valence-electron chi connectivity index (χ2n) is 6.34. The molecule has 2 aromatic carbocycles. The van der Waals surface area contributed by atoms with Crippen LogP contribution in [0.5, 0.6) is 5.75 Å². The van der Waals surface area contributed by atoms with E-state index >= 15 is 0 Å². The molecular weight excluding hydrogens is 356 g/mol. The standard InChI is InChI=1S/C22H22N2O4/c1-14(13-15-7-5-4-6-8-15)19-18(21(25)28-3)20(24-22(26)23-19)16-9-11-17(27-2)12-10-16/h4-13,19H,1-3H3,(H2,23,24,26)/b14-13+. The zero-order valence-corrected chi connectivity index (χ0v) is 16.0. The van der Waals surface area contributed by atoms with Crippen molar-refractivity contribution >= 4 is 23.8 Å². The van der Waals surface area contributed by atoms with E-state index in [2.05, 4.69) is 10.6 Å². The lowest BCUT2D eigenvalue weighted by atomic mass is 9.92. The van der Waals surface area contributed by atoms with Gasteiger partial charge in [-0.15, -0.1) is 0 Å². The first kappa shape index (κ1) is 19.2. The Morgan fingerprint density at radius 3 is 2.32 bits per heavy atom. The molecule has 0 saturated heterocycles. The van der Waals surface area contributed by atoms with E-state index in [0.717, 1.165) is 11.1 Å². The molecule has 0 bridgehead atoms. The number of methoxy groups -OCH3 is 2. The Kier molecular flexibility index (Phi) is 5.79. The molecule has 0 aromatic heterocycles. The summed E-state index contributed by atoms with van der Waals surface area (Å²) in [5.74, 6) is 0.171. The van der Waals surface area contributed by atoms with Crippen molar-refractivity contribution < 1.29 is 19.1 Å². The van der Waals surface area contributed by atoms with E-state index in [-0.39, 0.29) is 6.03 Å². The molecule has 28 heavy (non-hydrogen) atoms. The number of hydrogen-bond donors (Lipinski definition) is 2. The molecule has 6 heteroatoms. The third-order valence-corrected chi connectivity index (χ3v) is 4.51. The lowest BCUT2D eigenvalue weighted by Crippen LogP contribution is -2.50. The first-order valence-electron chi connectivity index (χ1n) is 8.81. The topological polar surface area (TPSA) is 76.7 Å². The summed E-state index contributed by atoms with van der Waals surface area (Å²) in [7, 11) is 2.90. The first-order valence-corrected chi connectivity index (χ1v) is 8.81. The molecular formula is C22H22N2O4. The fraction of sp³-hybridized carbons (Fsp3) is 0.182. The molecule has 0 spiro atoms. The Morgan fingerprint density at radius 1 is 1.04 bits per heavy atom. The number of urea groups is 1. The zero-order valence-electron chi connectivity index (χ0n) is 16.0. The largest absolute Gasteiger partial charge is 0.497 e. The van der Waals surface area contributed by atoms with E-state index < -0.39 is 12.0 Å². The van der Waals surface area contributed by atoms with Crippen LogP contribution in [0.15, 0.2) is 65.7 Å². The van der Waals surface area contributed by atoms with Gasteiger partial charge in [-0.25, -0.2) is 9.59 Å². The van der Waals surface area contributed by atoms with Crippen LogP contribution in [0.2, 0.25) is 0 Å².